The van der Waals surface area contributed by atoms with E-state index in [9.17, 15) is 14.7 Å². The summed E-state index contributed by atoms with van der Waals surface area (Å²) in [5, 5.41) is 9.89. The number of halogens is 1. The summed E-state index contributed by atoms with van der Waals surface area (Å²) in [5.74, 6) is -0.0982. The Labute approximate surface area is 162 Å². The summed E-state index contributed by atoms with van der Waals surface area (Å²) in [5.41, 5.74) is -2.22. The molecule has 0 unspecified atom stereocenters. The number of benzene rings is 1. The molecular formula is C20H24FNO6. The predicted molar refractivity (Wildman–Crippen MR) is 99.5 cm³/mol. The number of ether oxygens (including phenoxy) is 2. The molecule has 28 heavy (non-hydrogen) atoms. The Hall–Kier alpha value is -2.77. The minimum atomic E-state index is -1.87. The third kappa shape index (κ3) is 3.50. The molecule has 8 heteroatoms. The van der Waals surface area contributed by atoms with Gasteiger partial charge in [0.15, 0.2) is 5.67 Å². The molecule has 0 aliphatic carbocycles. The van der Waals surface area contributed by atoms with Crippen molar-refractivity contribution in [3.63, 3.8) is 0 Å². The highest BCUT2D eigenvalue weighted by Gasteiger charge is 2.54. The van der Waals surface area contributed by atoms with Crippen molar-refractivity contribution in [1.29, 1.82) is 0 Å². The Balaban J connectivity index is 1.88. The first-order valence-corrected chi connectivity index (χ1v) is 9.00. The lowest BCUT2D eigenvalue weighted by molar-refractivity contribution is -0.109. The average molecular weight is 393 g/mol. The second-order valence-electron chi connectivity index (χ2n) is 8.01. The number of furan rings is 1. The summed E-state index contributed by atoms with van der Waals surface area (Å²) >= 11 is 0. The Morgan fingerprint density at radius 2 is 2.04 bits per heavy atom. The Kier molecular flexibility index (Phi) is 4.99. The molecule has 7 nitrogen and oxygen atoms in total. The van der Waals surface area contributed by atoms with Crippen LogP contribution in [-0.2, 0) is 4.74 Å². The third-order valence-corrected chi connectivity index (χ3v) is 5.26. The van der Waals surface area contributed by atoms with E-state index in [1.54, 1.807) is 39.0 Å². The molecule has 0 spiro atoms. The Bertz CT molecular complexity index is 902. The number of alkyl halides is 1. The highest BCUT2D eigenvalue weighted by molar-refractivity contribution is 5.92. The molecule has 1 aromatic heterocycles. The first-order valence-electron chi connectivity index (χ1n) is 9.00. The molecule has 2 atom stereocenters. The molecular weight excluding hydrogens is 369 g/mol. The number of hydrogen-bond donors (Lipinski definition) is 1. The van der Waals surface area contributed by atoms with E-state index >= 15 is 4.39 Å². The third-order valence-electron chi connectivity index (χ3n) is 5.26. The van der Waals surface area contributed by atoms with Crippen LogP contribution in [0, 0.1) is 5.41 Å². The van der Waals surface area contributed by atoms with Crippen molar-refractivity contribution >= 4 is 23.0 Å². The maximum atomic E-state index is 16.0. The first-order chi connectivity index (χ1) is 13.0. The summed E-state index contributed by atoms with van der Waals surface area (Å²) < 4.78 is 32.0. The van der Waals surface area contributed by atoms with Crippen molar-refractivity contribution in [3.05, 3.63) is 30.0 Å². The van der Waals surface area contributed by atoms with Gasteiger partial charge < -0.3 is 23.9 Å². The number of carbonyl (C=O) groups is 2. The highest BCUT2D eigenvalue weighted by Crippen LogP contribution is 2.43. The van der Waals surface area contributed by atoms with E-state index < -0.39 is 29.3 Å². The van der Waals surface area contributed by atoms with E-state index in [2.05, 4.69) is 4.74 Å². The number of carbonyl (C=O) groups excluding carboxylic acids is 1. The minimum Gasteiger partial charge on any atom is -0.487 e. The SMILES string of the molecule is COC(=O)c1cc2cc(O[C@H]3CCN(C(=O)O)C[C@@]3(F)C(C)(C)C)ccc2o1. The van der Waals surface area contributed by atoms with Crippen LogP contribution in [0.5, 0.6) is 5.75 Å². The van der Waals surface area contributed by atoms with Gasteiger partial charge in [0.05, 0.1) is 13.7 Å². The van der Waals surface area contributed by atoms with Gasteiger partial charge in [-0.3, -0.25) is 0 Å². The summed E-state index contributed by atoms with van der Waals surface area (Å²) in [6.07, 6.45) is -1.72. The van der Waals surface area contributed by atoms with Crippen LogP contribution in [0.25, 0.3) is 11.0 Å². The van der Waals surface area contributed by atoms with E-state index in [0.717, 1.165) is 4.90 Å². The lowest BCUT2D eigenvalue weighted by atomic mass is 9.71. The zero-order valence-electron chi connectivity index (χ0n) is 16.3. The molecule has 3 rings (SSSR count). The van der Waals surface area contributed by atoms with Crippen molar-refractivity contribution in [1.82, 2.24) is 4.90 Å². The van der Waals surface area contributed by atoms with Crippen LogP contribution >= 0.6 is 0 Å². The van der Waals surface area contributed by atoms with Crippen molar-refractivity contribution in [2.75, 3.05) is 20.2 Å². The molecule has 1 amide bonds. The molecule has 1 aliphatic rings. The fourth-order valence-corrected chi connectivity index (χ4v) is 3.46. The predicted octanol–water partition coefficient (Wildman–Crippen LogP) is 4.10. The number of rotatable bonds is 3. The molecule has 0 radical (unpaired) electrons. The number of likely N-dealkylation sites (tertiary alicyclic amines) is 1. The molecule has 1 aromatic carbocycles. The van der Waals surface area contributed by atoms with Crippen LogP contribution in [0.1, 0.15) is 37.7 Å². The maximum absolute atomic E-state index is 16.0. The Morgan fingerprint density at radius 1 is 1.32 bits per heavy atom. The monoisotopic (exact) mass is 393 g/mol. The molecule has 152 valence electrons. The number of amides is 1. The molecule has 1 aliphatic heterocycles. The van der Waals surface area contributed by atoms with Crippen LogP contribution in [0.4, 0.5) is 9.18 Å². The van der Waals surface area contributed by atoms with Crippen LogP contribution in [0.2, 0.25) is 0 Å². The first kappa shape index (κ1) is 20.0. The van der Waals surface area contributed by atoms with Crippen LogP contribution in [0.3, 0.4) is 0 Å². The van der Waals surface area contributed by atoms with E-state index in [0.29, 0.717) is 16.7 Å². The van der Waals surface area contributed by atoms with Gasteiger partial charge >= 0.3 is 12.1 Å². The van der Waals surface area contributed by atoms with Crippen LogP contribution in [-0.4, -0.2) is 54.0 Å². The molecule has 1 fully saturated rings. The average Bonchev–Trinajstić information content (AvgIpc) is 3.05. The number of methoxy groups -OCH3 is 1. The molecule has 0 bridgehead atoms. The van der Waals surface area contributed by atoms with Crippen molar-refractivity contribution in [2.45, 2.75) is 39.0 Å². The van der Waals surface area contributed by atoms with Gasteiger partial charge in [-0.05, 0) is 24.3 Å². The number of nitrogens with zero attached hydrogens (tertiary/aromatic N) is 1. The standard InChI is InChI=1S/C20H24FNO6/c1-19(2,3)20(21)11-22(18(24)25)8-7-16(20)27-13-5-6-14-12(9-13)10-15(28-14)17(23)26-4/h5-6,9-10,16H,7-8,11H2,1-4H3,(H,24,25)/t16-,20-/m0/s1. The van der Waals surface area contributed by atoms with Crippen molar-refractivity contribution < 1.29 is 33.0 Å². The van der Waals surface area contributed by atoms with Gasteiger partial charge in [0.25, 0.3) is 0 Å². The van der Waals surface area contributed by atoms with Gasteiger partial charge in [-0.1, -0.05) is 20.8 Å². The minimum absolute atomic E-state index is 0.0685. The smallest absolute Gasteiger partial charge is 0.407 e. The quantitative estimate of drug-likeness (QED) is 0.790. The van der Waals surface area contributed by atoms with Crippen molar-refractivity contribution in [3.8, 4) is 5.75 Å². The van der Waals surface area contributed by atoms with Gasteiger partial charge in [0.1, 0.15) is 17.4 Å². The fourth-order valence-electron chi connectivity index (χ4n) is 3.46. The normalized spacial score (nSPS) is 22.9. The lowest BCUT2D eigenvalue weighted by Gasteiger charge is -2.48. The zero-order chi connectivity index (χ0) is 20.7. The molecule has 2 aromatic rings. The summed E-state index contributed by atoms with van der Waals surface area (Å²) in [7, 11) is 1.26. The van der Waals surface area contributed by atoms with Gasteiger partial charge in [-0.15, -0.1) is 0 Å². The van der Waals surface area contributed by atoms with Gasteiger partial charge in [-0.25, -0.2) is 14.0 Å². The second kappa shape index (κ2) is 7.00. The summed E-state index contributed by atoms with van der Waals surface area (Å²) in [4.78, 5) is 24.0. The fraction of sp³-hybridized carbons (Fsp3) is 0.500. The Morgan fingerprint density at radius 3 is 2.64 bits per heavy atom. The highest BCUT2D eigenvalue weighted by atomic mass is 19.1. The van der Waals surface area contributed by atoms with Crippen LogP contribution in [0.15, 0.2) is 28.7 Å². The number of piperidine rings is 1. The van der Waals surface area contributed by atoms with Gasteiger partial charge in [0, 0.05) is 23.8 Å². The molecule has 2 heterocycles. The second-order valence-corrected chi connectivity index (χ2v) is 8.01. The number of fused-ring (bicyclic) bond motifs is 1. The van der Waals surface area contributed by atoms with E-state index in [1.165, 1.54) is 13.2 Å². The molecule has 1 N–H and O–H groups in total. The topological polar surface area (TPSA) is 89.2 Å². The lowest BCUT2D eigenvalue weighted by Crippen LogP contribution is -2.63. The van der Waals surface area contributed by atoms with E-state index in [-0.39, 0.29) is 25.3 Å². The molecule has 1 saturated heterocycles. The number of hydrogen-bond acceptors (Lipinski definition) is 5. The molecule has 0 saturated carbocycles. The van der Waals surface area contributed by atoms with Gasteiger partial charge in [0.2, 0.25) is 5.76 Å². The summed E-state index contributed by atoms with van der Waals surface area (Å²) in [6.45, 7) is 5.14. The van der Waals surface area contributed by atoms with E-state index in [1.807, 2.05) is 0 Å². The zero-order valence-corrected chi connectivity index (χ0v) is 16.3. The number of esters is 1. The van der Waals surface area contributed by atoms with Crippen molar-refractivity contribution in [2.24, 2.45) is 5.41 Å². The number of carboxylic acid groups (broad SMARTS) is 1. The van der Waals surface area contributed by atoms with E-state index in [4.69, 9.17) is 9.15 Å². The maximum Gasteiger partial charge on any atom is 0.407 e. The largest absolute Gasteiger partial charge is 0.487 e. The van der Waals surface area contributed by atoms with Crippen LogP contribution < -0.4 is 4.74 Å². The summed E-state index contributed by atoms with van der Waals surface area (Å²) in [6, 6.07) is 6.48. The van der Waals surface area contributed by atoms with Gasteiger partial charge in [-0.2, -0.15) is 0 Å².